The lowest BCUT2D eigenvalue weighted by Gasteiger charge is -1.97. The summed E-state index contributed by atoms with van der Waals surface area (Å²) < 4.78 is 9.62. The first-order valence-corrected chi connectivity index (χ1v) is 10.1. The number of aryl methyl sites for hydroxylation is 1. The van der Waals surface area contributed by atoms with E-state index in [1.807, 2.05) is 24.3 Å². The third-order valence-electron chi connectivity index (χ3n) is 4.48. The number of fused-ring (bicyclic) bond motifs is 3. The van der Waals surface area contributed by atoms with Crippen LogP contribution in [0.4, 0.5) is 0 Å². The Bertz CT molecular complexity index is 1270. The van der Waals surface area contributed by atoms with Crippen LogP contribution >= 0.6 is 23.4 Å². The Labute approximate surface area is 169 Å². The molecule has 0 atom stereocenters. The summed E-state index contributed by atoms with van der Waals surface area (Å²) in [5.41, 5.74) is 3.08. The van der Waals surface area contributed by atoms with Crippen molar-refractivity contribution in [3.8, 4) is 11.4 Å². The number of benzene rings is 2. The van der Waals surface area contributed by atoms with Gasteiger partial charge in [0.15, 0.2) is 5.16 Å². The molecular formula is C19H15ClN6OS. The van der Waals surface area contributed by atoms with E-state index in [1.165, 1.54) is 11.8 Å². The molecule has 0 radical (unpaired) electrons. The predicted molar refractivity (Wildman–Crippen MR) is 108 cm³/mol. The topological polar surface area (TPSA) is 74.0 Å². The van der Waals surface area contributed by atoms with Gasteiger partial charge in [-0.3, -0.25) is 4.40 Å². The van der Waals surface area contributed by atoms with Crippen LogP contribution in [0.1, 0.15) is 12.8 Å². The number of aromatic nitrogens is 6. The maximum Gasteiger partial charge on any atom is 0.237 e. The van der Waals surface area contributed by atoms with Crippen LogP contribution in [-0.4, -0.2) is 29.3 Å². The lowest BCUT2D eigenvalue weighted by atomic mass is 10.2. The molecule has 0 aliphatic heterocycles. The number of thioether (sulfide) groups is 1. The number of para-hydroxylation sites is 2. The van der Waals surface area contributed by atoms with E-state index in [-0.39, 0.29) is 0 Å². The zero-order chi connectivity index (χ0) is 19.1. The van der Waals surface area contributed by atoms with Gasteiger partial charge in [0.1, 0.15) is 0 Å². The third kappa shape index (κ3) is 2.85. The summed E-state index contributed by atoms with van der Waals surface area (Å²) in [4.78, 5) is 4.47. The van der Waals surface area contributed by atoms with Gasteiger partial charge in [0.25, 0.3) is 0 Å². The second-order valence-corrected chi connectivity index (χ2v) is 7.54. The molecule has 0 saturated heterocycles. The zero-order valence-electron chi connectivity index (χ0n) is 14.9. The number of hydrogen-bond donors (Lipinski definition) is 0. The first-order valence-electron chi connectivity index (χ1n) is 8.78. The normalized spacial score (nSPS) is 11.6. The number of imidazole rings is 1. The van der Waals surface area contributed by atoms with Gasteiger partial charge in [-0.1, -0.05) is 40.7 Å². The first kappa shape index (κ1) is 17.3. The summed E-state index contributed by atoms with van der Waals surface area (Å²) in [6.07, 6.45) is 0. The Morgan fingerprint density at radius 1 is 1.04 bits per heavy atom. The highest BCUT2D eigenvalue weighted by atomic mass is 35.5. The molecule has 9 heteroatoms. The molecule has 5 rings (SSSR count). The summed E-state index contributed by atoms with van der Waals surface area (Å²) in [6.45, 7) is 2.93. The fraction of sp³-hybridized carbons (Fsp3) is 0.158. The van der Waals surface area contributed by atoms with Gasteiger partial charge in [-0.05, 0) is 43.3 Å². The molecule has 0 bridgehead atoms. The molecule has 0 saturated carbocycles. The van der Waals surface area contributed by atoms with E-state index in [1.54, 1.807) is 12.1 Å². The van der Waals surface area contributed by atoms with Crippen molar-refractivity contribution in [2.24, 2.45) is 0 Å². The molecule has 28 heavy (non-hydrogen) atoms. The van der Waals surface area contributed by atoms with Crippen LogP contribution in [0.5, 0.6) is 0 Å². The van der Waals surface area contributed by atoms with Crippen molar-refractivity contribution in [3.63, 3.8) is 0 Å². The third-order valence-corrected chi connectivity index (χ3v) is 5.65. The van der Waals surface area contributed by atoms with Gasteiger partial charge in [-0.2, -0.15) is 4.98 Å². The Morgan fingerprint density at radius 2 is 1.82 bits per heavy atom. The molecule has 2 aromatic carbocycles. The Kier molecular flexibility index (Phi) is 4.29. The lowest BCUT2D eigenvalue weighted by molar-refractivity contribution is 0.391. The molecule has 0 spiro atoms. The molecule has 3 heterocycles. The largest absolute Gasteiger partial charge is 0.338 e. The van der Waals surface area contributed by atoms with Gasteiger partial charge < -0.3 is 9.09 Å². The number of halogens is 1. The van der Waals surface area contributed by atoms with Crippen LogP contribution in [0.25, 0.3) is 28.2 Å². The number of hydrogen-bond acceptors (Lipinski definition) is 6. The van der Waals surface area contributed by atoms with Crippen molar-refractivity contribution < 1.29 is 4.52 Å². The lowest BCUT2D eigenvalue weighted by Crippen LogP contribution is -1.94. The standard InChI is InChI=1S/C19H15ClN6OS/c1-2-25-14-5-3-4-6-15(14)26-18(25)22-23-19(26)28-11-16-21-17(24-27-16)12-7-9-13(20)10-8-12/h3-10H,2,11H2,1H3. The Morgan fingerprint density at radius 3 is 2.61 bits per heavy atom. The minimum absolute atomic E-state index is 0.507. The summed E-state index contributed by atoms with van der Waals surface area (Å²) in [5.74, 6) is 2.42. The van der Waals surface area contributed by atoms with Crippen molar-refractivity contribution in [2.75, 3.05) is 0 Å². The summed E-state index contributed by atoms with van der Waals surface area (Å²) >= 11 is 7.45. The Balaban J connectivity index is 1.43. The molecule has 0 N–H and O–H groups in total. The van der Waals surface area contributed by atoms with E-state index in [4.69, 9.17) is 16.1 Å². The van der Waals surface area contributed by atoms with Gasteiger partial charge in [0.2, 0.25) is 17.5 Å². The second-order valence-electron chi connectivity index (χ2n) is 6.16. The average molecular weight is 411 g/mol. The summed E-state index contributed by atoms with van der Waals surface area (Å²) in [5, 5.41) is 14.3. The molecule has 0 aliphatic rings. The SMILES string of the molecule is CCn1c2ccccc2n2c(SCc3nc(-c4ccc(Cl)cc4)no3)nnc12. The van der Waals surface area contributed by atoms with Crippen LogP contribution in [0.15, 0.2) is 58.2 Å². The molecule has 5 aromatic rings. The fourth-order valence-corrected chi connectivity index (χ4v) is 4.10. The van der Waals surface area contributed by atoms with Gasteiger partial charge >= 0.3 is 0 Å². The Hall–Kier alpha value is -2.84. The van der Waals surface area contributed by atoms with Crippen LogP contribution in [0.3, 0.4) is 0 Å². The predicted octanol–water partition coefficient (Wildman–Crippen LogP) is 4.70. The summed E-state index contributed by atoms with van der Waals surface area (Å²) in [6, 6.07) is 15.6. The molecule has 0 aliphatic carbocycles. The minimum Gasteiger partial charge on any atom is -0.338 e. The van der Waals surface area contributed by atoms with Gasteiger partial charge in [-0.25, -0.2) is 0 Å². The van der Waals surface area contributed by atoms with Gasteiger partial charge in [-0.15, -0.1) is 10.2 Å². The second kappa shape index (κ2) is 6.96. The highest BCUT2D eigenvalue weighted by molar-refractivity contribution is 7.98. The van der Waals surface area contributed by atoms with Crippen LogP contribution in [0, 0.1) is 0 Å². The fourth-order valence-electron chi connectivity index (χ4n) is 3.20. The van der Waals surface area contributed by atoms with Crippen molar-refractivity contribution in [2.45, 2.75) is 24.4 Å². The van der Waals surface area contributed by atoms with Crippen LogP contribution in [0.2, 0.25) is 5.02 Å². The molecule has 0 fully saturated rings. The van der Waals surface area contributed by atoms with Gasteiger partial charge in [0.05, 0.1) is 16.8 Å². The monoisotopic (exact) mass is 410 g/mol. The molecular weight excluding hydrogens is 396 g/mol. The quantitative estimate of drug-likeness (QED) is 0.391. The van der Waals surface area contributed by atoms with E-state index in [0.29, 0.717) is 22.5 Å². The van der Waals surface area contributed by atoms with Crippen molar-refractivity contribution in [3.05, 3.63) is 59.4 Å². The highest BCUT2D eigenvalue weighted by Gasteiger charge is 2.17. The van der Waals surface area contributed by atoms with Crippen LogP contribution in [-0.2, 0) is 12.3 Å². The highest BCUT2D eigenvalue weighted by Crippen LogP contribution is 2.28. The maximum atomic E-state index is 5.93. The van der Waals surface area contributed by atoms with E-state index in [9.17, 15) is 0 Å². The first-order chi connectivity index (χ1) is 13.7. The smallest absolute Gasteiger partial charge is 0.237 e. The van der Waals surface area contributed by atoms with Gasteiger partial charge in [0, 0.05) is 17.1 Å². The summed E-state index contributed by atoms with van der Waals surface area (Å²) in [7, 11) is 0. The van der Waals surface area contributed by atoms with Crippen molar-refractivity contribution in [1.82, 2.24) is 29.3 Å². The van der Waals surface area contributed by atoms with Crippen molar-refractivity contribution >= 4 is 40.2 Å². The maximum absolute atomic E-state index is 5.93. The van der Waals surface area contributed by atoms with Crippen molar-refractivity contribution in [1.29, 1.82) is 0 Å². The molecule has 0 unspecified atom stereocenters. The van der Waals surface area contributed by atoms with Crippen LogP contribution < -0.4 is 0 Å². The molecule has 3 aromatic heterocycles. The minimum atomic E-state index is 0.507. The average Bonchev–Trinajstić information content (AvgIpc) is 3.42. The van der Waals surface area contributed by atoms with E-state index >= 15 is 0 Å². The van der Waals surface area contributed by atoms with E-state index in [0.717, 1.165) is 34.1 Å². The number of nitrogens with zero attached hydrogens (tertiary/aromatic N) is 6. The van der Waals surface area contributed by atoms with E-state index < -0.39 is 0 Å². The molecule has 140 valence electrons. The molecule has 7 nitrogen and oxygen atoms in total. The van der Waals surface area contributed by atoms with E-state index in [2.05, 4.69) is 48.4 Å². The molecule has 0 amide bonds. The zero-order valence-corrected chi connectivity index (χ0v) is 16.5. The number of rotatable bonds is 5.